The molecule has 5 nitrogen and oxygen atoms in total. The Morgan fingerprint density at radius 2 is 2.22 bits per heavy atom. The zero-order valence-electron chi connectivity index (χ0n) is 9.31. The van der Waals surface area contributed by atoms with Crippen LogP contribution in [0.3, 0.4) is 0 Å². The number of ether oxygens (including phenoxy) is 2. The molecule has 1 N–H and O–H groups in total. The zero-order valence-corrected chi connectivity index (χ0v) is 9.31. The Bertz CT molecular complexity index is 497. The van der Waals surface area contributed by atoms with Crippen molar-refractivity contribution in [2.45, 2.75) is 13.5 Å². The SMILES string of the molecule is CCOC(=O)c1ccc(OC(F)F)c(C#N)c1O. The molecule has 0 fully saturated rings. The number of alkyl halides is 2. The quantitative estimate of drug-likeness (QED) is 0.835. The van der Waals surface area contributed by atoms with E-state index in [9.17, 15) is 18.7 Å². The summed E-state index contributed by atoms with van der Waals surface area (Å²) in [5, 5.41) is 18.4. The molecule has 0 heterocycles. The Morgan fingerprint density at radius 3 is 2.72 bits per heavy atom. The van der Waals surface area contributed by atoms with Crippen LogP contribution in [0.5, 0.6) is 11.5 Å². The molecule has 0 aliphatic rings. The van der Waals surface area contributed by atoms with Crippen LogP contribution in [0.1, 0.15) is 22.8 Å². The van der Waals surface area contributed by atoms with Crippen molar-refractivity contribution in [2.24, 2.45) is 0 Å². The van der Waals surface area contributed by atoms with E-state index in [1.165, 1.54) is 6.07 Å². The molecule has 0 amide bonds. The number of hydrogen-bond donors (Lipinski definition) is 1. The average Bonchev–Trinajstić information content (AvgIpc) is 2.29. The summed E-state index contributed by atoms with van der Waals surface area (Å²) in [5.74, 6) is -2.10. The molecular weight excluding hydrogens is 248 g/mol. The second kappa shape index (κ2) is 5.82. The van der Waals surface area contributed by atoms with Gasteiger partial charge in [0.2, 0.25) is 0 Å². The van der Waals surface area contributed by atoms with Gasteiger partial charge in [0.05, 0.1) is 6.61 Å². The van der Waals surface area contributed by atoms with E-state index in [-0.39, 0.29) is 12.2 Å². The highest BCUT2D eigenvalue weighted by Crippen LogP contribution is 2.32. The van der Waals surface area contributed by atoms with Gasteiger partial charge in [0.15, 0.2) is 5.75 Å². The number of carbonyl (C=O) groups is 1. The van der Waals surface area contributed by atoms with E-state index in [1.54, 1.807) is 6.92 Å². The van der Waals surface area contributed by atoms with E-state index in [4.69, 9.17) is 5.26 Å². The maximum atomic E-state index is 12.0. The first-order valence-electron chi connectivity index (χ1n) is 4.89. The van der Waals surface area contributed by atoms with Crippen LogP contribution in [0.25, 0.3) is 0 Å². The highest BCUT2D eigenvalue weighted by Gasteiger charge is 2.20. The molecule has 0 saturated carbocycles. The van der Waals surface area contributed by atoms with Gasteiger partial charge >= 0.3 is 12.6 Å². The molecule has 1 aromatic carbocycles. The van der Waals surface area contributed by atoms with Crippen molar-refractivity contribution in [3.8, 4) is 17.6 Å². The number of carbonyl (C=O) groups excluding carboxylic acids is 1. The Hall–Kier alpha value is -2.36. The third-order valence-electron chi connectivity index (χ3n) is 1.96. The molecule has 0 aliphatic carbocycles. The lowest BCUT2D eigenvalue weighted by molar-refractivity contribution is -0.0501. The second-order valence-corrected chi connectivity index (χ2v) is 3.05. The minimum atomic E-state index is -3.13. The Kier molecular flexibility index (Phi) is 4.43. The summed E-state index contributed by atoms with van der Waals surface area (Å²) in [5.41, 5.74) is -0.823. The minimum Gasteiger partial charge on any atom is -0.506 e. The first-order valence-corrected chi connectivity index (χ1v) is 4.89. The maximum absolute atomic E-state index is 12.0. The summed E-state index contributed by atoms with van der Waals surface area (Å²) >= 11 is 0. The van der Waals surface area contributed by atoms with E-state index in [0.29, 0.717) is 0 Å². The highest BCUT2D eigenvalue weighted by atomic mass is 19.3. The molecule has 0 bridgehead atoms. The summed E-state index contributed by atoms with van der Waals surface area (Å²) in [6.45, 7) is -1.49. The Morgan fingerprint density at radius 1 is 1.56 bits per heavy atom. The molecule has 18 heavy (non-hydrogen) atoms. The summed E-state index contributed by atoms with van der Waals surface area (Å²) in [4.78, 5) is 11.4. The number of rotatable bonds is 4. The van der Waals surface area contributed by atoms with E-state index < -0.39 is 29.6 Å². The fourth-order valence-electron chi connectivity index (χ4n) is 1.25. The topological polar surface area (TPSA) is 79.5 Å². The molecule has 7 heteroatoms. The molecule has 1 rings (SSSR count). The first-order chi connectivity index (χ1) is 8.51. The van der Waals surface area contributed by atoms with Crippen LogP contribution in [0, 0.1) is 11.3 Å². The molecule has 0 atom stereocenters. The lowest BCUT2D eigenvalue weighted by Crippen LogP contribution is -2.08. The van der Waals surface area contributed by atoms with Gasteiger partial charge in [-0.2, -0.15) is 14.0 Å². The number of benzene rings is 1. The maximum Gasteiger partial charge on any atom is 0.387 e. The standard InChI is InChI=1S/C11H9F2NO4/c1-2-17-10(16)6-3-4-8(18-11(12)13)7(5-14)9(6)15/h3-4,11,15H,2H2,1H3. The third kappa shape index (κ3) is 2.85. The largest absolute Gasteiger partial charge is 0.506 e. The molecular formula is C11H9F2NO4. The number of nitrogens with zero attached hydrogens (tertiary/aromatic N) is 1. The summed E-state index contributed by atoms with van der Waals surface area (Å²) < 4.78 is 32.8. The zero-order chi connectivity index (χ0) is 13.7. The van der Waals surface area contributed by atoms with Gasteiger partial charge in [0.1, 0.15) is 22.9 Å². The number of nitriles is 1. The van der Waals surface area contributed by atoms with Crippen LogP contribution >= 0.6 is 0 Å². The molecule has 0 aromatic heterocycles. The van der Waals surface area contributed by atoms with Gasteiger partial charge in [0, 0.05) is 0 Å². The highest BCUT2D eigenvalue weighted by molar-refractivity contribution is 5.93. The predicted octanol–water partition coefficient (Wildman–Crippen LogP) is 2.04. The van der Waals surface area contributed by atoms with Gasteiger partial charge in [0.25, 0.3) is 0 Å². The fourth-order valence-corrected chi connectivity index (χ4v) is 1.25. The molecule has 1 aromatic rings. The van der Waals surface area contributed by atoms with Crippen molar-refractivity contribution in [2.75, 3.05) is 6.61 Å². The summed E-state index contributed by atoms with van der Waals surface area (Å²) in [6, 6.07) is 3.53. The van der Waals surface area contributed by atoms with E-state index in [0.717, 1.165) is 12.1 Å². The number of halogens is 2. The van der Waals surface area contributed by atoms with Gasteiger partial charge in [-0.1, -0.05) is 0 Å². The molecule has 0 radical (unpaired) electrons. The number of aromatic hydroxyl groups is 1. The van der Waals surface area contributed by atoms with Gasteiger partial charge in [-0.15, -0.1) is 0 Å². The fraction of sp³-hybridized carbons (Fsp3) is 0.273. The van der Waals surface area contributed by atoms with Gasteiger partial charge in [-0.3, -0.25) is 0 Å². The van der Waals surface area contributed by atoms with Gasteiger partial charge in [-0.05, 0) is 19.1 Å². The molecule has 0 saturated heterocycles. The van der Waals surface area contributed by atoms with Crippen molar-refractivity contribution in [1.29, 1.82) is 5.26 Å². The van der Waals surface area contributed by atoms with Crippen LogP contribution in [-0.2, 0) is 4.74 Å². The first kappa shape index (κ1) is 13.7. The van der Waals surface area contributed by atoms with Crippen molar-refractivity contribution in [1.82, 2.24) is 0 Å². The van der Waals surface area contributed by atoms with Crippen LogP contribution < -0.4 is 4.74 Å². The van der Waals surface area contributed by atoms with Crippen molar-refractivity contribution in [3.05, 3.63) is 23.3 Å². The summed E-state index contributed by atoms with van der Waals surface area (Å²) in [6.07, 6.45) is 0. The monoisotopic (exact) mass is 257 g/mol. The van der Waals surface area contributed by atoms with E-state index >= 15 is 0 Å². The second-order valence-electron chi connectivity index (χ2n) is 3.05. The molecule has 0 unspecified atom stereocenters. The van der Waals surface area contributed by atoms with Crippen molar-refractivity contribution in [3.63, 3.8) is 0 Å². The Balaban J connectivity index is 3.21. The van der Waals surface area contributed by atoms with Crippen LogP contribution in [0.4, 0.5) is 8.78 Å². The lowest BCUT2D eigenvalue weighted by Gasteiger charge is -2.10. The van der Waals surface area contributed by atoms with E-state index in [1.807, 2.05) is 0 Å². The predicted molar refractivity (Wildman–Crippen MR) is 55.4 cm³/mol. The van der Waals surface area contributed by atoms with E-state index in [2.05, 4.69) is 9.47 Å². The normalized spacial score (nSPS) is 9.94. The molecule has 0 aliphatic heterocycles. The molecule has 96 valence electrons. The number of esters is 1. The Labute approximate surface area is 101 Å². The van der Waals surface area contributed by atoms with Crippen LogP contribution in [0.2, 0.25) is 0 Å². The van der Waals surface area contributed by atoms with Crippen molar-refractivity contribution >= 4 is 5.97 Å². The molecule has 0 spiro atoms. The summed E-state index contributed by atoms with van der Waals surface area (Å²) in [7, 11) is 0. The number of phenols is 1. The smallest absolute Gasteiger partial charge is 0.387 e. The van der Waals surface area contributed by atoms with Gasteiger partial charge in [-0.25, -0.2) is 4.79 Å². The lowest BCUT2D eigenvalue weighted by atomic mass is 10.1. The van der Waals surface area contributed by atoms with Gasteiger partial charge < -0.3 is 14.6 Å². The average molecular weight is 257 g/mol. The third-order valence-corrected chi connectivity index (χ3v) is 1.96. The minimum absolute atomic E-state index is 0.0788. The van der Waals surface area contributed by atoms with Crippen LogP contribution in [0.15, 0.2) is 12.1 Å². The number of phenolic OH excluding ortho intramolecular Hbond substituents is 1. The number of hydrogen-bond acceptors (Lipinski definition) is 5. The van der Waals surface area contributed by atoms with Crippen molar-refractivity contribution < 1.29 is 28.2 Å². The van der Waals surface area contributed by atoms with Crippen LogP contribution in [-0.4, -0.2) is 24.3 Å².